The molecular weight excluding hydrogens is 432 g/mol. The van der Waals surface area contributed by atoms with Crippen LogP contribution in [0.4, 0.5) is 5.69 Å². The highest BCUT2D eigenvalue weighted by atomic mass is 32.2. The van der Waals surface area contributed by atoms with Crippen LogP contribution >= 0.6 is 11.3 Å². The van der Waals surface area contributed by atoms with Gasteiger partial charge in [0, 0.05) is 17.8 Å². The number of hydrogen-bond donors (Lipinski definition) is 1. The summed E-state index contributed by atoms with van der Waals surface area (Å²) in [7, 11) is -3.61. The Hall–Kier alpha value is -2.84. The number of nitrogens with zero attached hydrogens (tertiary/aromatic N) is 1. The summed E-state index contributed by atoms with van der Waals surface area (Å²) in [5.41, 5.74) is 2.06. The van der Waals surface area contributed by atoms with Crippen molar-refractivity contribution < 1.29 is 17.9 Å². The predicted octanol–water partition coefficient (Wildman–Crippen LogP) is 4.92. The van der Waals surface area contributed by atoms with Gasteiger partial charge in [0.25, 0.3) is 15.9 Å². The Bertz CT molecular complexity index is 1130. The molecule has 1 amide bonds. The zero-order chi connectivity index (χ0) is 21.8. The number of nitrogens with one attached hydrogen (secondary N) is 1. The standard InChI is InChI=1S/C23H24N2O4S2/c1-2-29-20-13-9-17(10-14-20)21-5-3-15-25(21)23(26)18-7-11-19(12-8-18)24-31(27,28)22-6-4-16-30-22/h4,6-14,16,21,24H,2-3,5,15H2,1H3. The minimum atomic E-state index is -3.61. The largest absolute Gasteiger partial charge is 0.494 e. The third-order valence-electron chi connectivity index (χ3n) is 5.23. The summed E-state index contributed by atoms with van der Waals surface area (Å²) in [5, 5.41) is 1.72. The molecule has 31 heavy (non-hydrogen) atoms. The first kappa shape index (κ1) is 21.4. The van der Waals surface area contributed by atoms with Gasteiger partial charge in [-0.3, -0.25) is 9.52 Å². The molecule has 3 aromatic rings. The van der Waals surface area contributed by atoms with Crippen molar-refractivity contribution in [2.75, 3.05) is 17.9 Å². The first-order valence-electron chi connectivity index (χ1n) is 10.2. The van der Waals surface area contributed by atoms with Gasteiger partial charge in [0.2, 0.25) is 0 Å². The predicted molar refractivity (Wildman–Crippen MR) is 122 cm³/mol. The molecule has 8 heteroatoms. The smallest absolute Gasteiger partial charge is 0.271 e. The fourth-order valence-corrected chi connectivity index (χ4v) is 5.83. The van der Waals surface area contributed by atoms with Crippen LogP contribution in [0.5, 0.6) is 5.75 Å². The lowest BCUT2D eigenvalue weighted by Gasteiger charge is -2.25. The van der Waals surface area contributed by atoms with Gasteiger partial charge in [-0.2, -0.15) is 0 Å². The van der Waals surface area contributed by atoms with Crippen molar-refractivity contribution in [3.8, 4) is 5.75 Å². The zero-order valence-corrected chi connectivity index (χ0v) is 18.8. The van der Waals surface area contributed by atoms with Crippen LogP contribution in [-0.4, -0.2) is 32.4 Å². The van der Waals surface area contributed by atoms with E-state index in [0.717, 1.165) is 35.5 Å². The fourth-order valence-electron chi connectivity index (χ4n) is 3.78. The Morgan fingerprint density at radius 3 is 2.52 bits per heavy atom. The van der Waals surface area contributed by atoms with Gasteiger partial charge >= 0.3 is 0 Å². The molecule has 1 aliphatic heterocycles. The van der Waals surface area contributed by atoms with Crippen LogP contribution in [0, 0.1) is 0 Å². The Balaban J connectivity index is 1.47. The van der Waals surface area contributed by atoms with Gasteiger partial charge in [0.15, 0.2) is 0 Å². The minimum absolute atomic E-state index is 0.0279. The van der Waals surface area contributed by atoms with Crippen LogP contribution in [0.1, 0.15) is 41.7 Å². The number of amides is 1. The maximum atomic E-state index is 13.1. The number of thiophene rings is 1. The fraction of sp³-hybridized carbons (Fsp3) is 0.261. The maximum Gasteiger partial charge on any atom is 0.271 e. The lowest BCUT2D eigenvalue weighted by Crippen LogP contribution is -2.30. The summed E-state index contributed by atoms with van der Waals surface area (Å²) < 4.78 is 33.1. The molecule has 1 unspecified atom stereocenters. The van der Waals surface area contributed by atoms with Crippen molar-refractivity contribution in [3.05, 3.63) is 77.2 Å². The molecule has 1 fully saturated rings. The molecule has 162 valence electrons. The molecule has 0 radical (unpaired) electrons. The summed E-state index contributed by atoms with van der Waals surface area (Å²) in [6, 6.07) is 17.8. The van der Waals surface area contributed by atoms with E-state index in [4.69, 9.17) is 4.74 Å². The Labute approximate surface area is 186 Å². The summed E-state index contributed by atoms with van der Waals surface area (Å²) in [6.45, 7) is 3.26. The normalized spacial score (nSPS) is 16.3. The molecule has 1 N–H and O–H groups in total. The highest BCUT2D eigenvalue weighted by Gasteiger charge is 2.30. The lowest BCUT2D eigenvalue weighted by atomic mass is 10.0. The van der Waals surface area contributed by atoms with Crippen molar-refractivity contribution in [1.29, 1.82) is 0 Å². The van der Waals surface area contributed by atoms with Crippen molar-refractivity contribution in [2.24, 2.45) is 0 Å². The number of anilines is 1. The molecule has 1 atom stereocenters. The lowest BCUT2D eigenvalue weighted by molar-refractivity contribution is 0.0735. The van der Waals surface area contributed by atoms with E-state index in [1.54, 1.807) is 41.8 Å². The topological polar surface area (TPSA) is 75.7 Å². The molecule has 0 bridgehead atoms. The summed E-state index contributed by atoms with van der Waals surface area (Å²) in [5.74, 6) is 0.770. The van der Waals surface area contributed by atoms with Crippen LogP contribution in [0.15, 0.2) is 70.3 Å². The van der Waals surface area contributed by atoms with Crippen LogP contribution in [-0.2, 0) is 10.0 Å². The molecule has 4 rings (SSSR count). The van der Waals surface area contributed by atoms with Gasteiger partial charge in [-0.15, -0.1) is 11.3 Å². The van der Waals surface area contributed by atoms with Crippen LogP contribution in [0.25, 0.3) is 0 Å². The third kappa shape index (κ3) is 4.75. The molecule has 0 aliphatic carbocycles. The van der Waals surface area contributed by atoms with Gasteiger partial charge in [-0.05, 0) is 73.2 Å². The molecule has 1 saturated heterocycles. The average Bonchev–Trinajstić information content (AvgIpc) is 3.47. The number of carbonyl (C=O) groups excluding carboxylic acids is 1. The first-order chi connectivity index (χ1) is 15.0. The highest BCUT2D eigenvalue weighted by molar-refractivity contribution is 7.94. The molecule has 1 aromatic heterocycles. The second-order valence-corrected chi connectivity index (χ2v) is 10.1. The monoisotopic (exact) mass is 456 g/mol. The van der Waals surface area contributed by atoms with E-state index in [1.165, 1.54) is 0 Å². The van der Waals surface area contributed by atoms with E-state index in [0.29, 0.717) is 24.4 Å². The van der Waals surface area contributed by atoms with Crippen molar-refractivity contribution >= 4 is 33.0 Å². The third-order valence-corrected chi connectivity index (χ3v) is 8.01. The summed E-state index contributed by atoms with van der Waals surface area (Å²) in [6.07, 6.45) is 1.86. The molecule has 0 saturated carbocycles. The molecule has 1 aliphatic rings. The van der Waals surface area contributed by atoms with Crippen molar-refractivity contribution in [3.63, 3.8) is 0 Å². The van der Waals surface area contributed by atoms with Crippen molar-refractivity contribution in [1.82, 2.24) is 4.90 Å². The van der Waals surface area contributed by atoms with Gasteiger partial charge in [0.05, 0.1) is 12.6 Å². The number of ether oxygens (including phenoxy) is 1. The summed E-state index contributed by atoms with van der Waals surface area (Å²) >= 11 is 1.16. The quantitative estimate of drug-likeness (QED) is 0.547. The first-order valence-corrected chi connectivity index (χ1v) is 12.5. The number of carbonyl (C=O) groups is 1. The van der Waals surface area contributed by atoms with E-state index >= 15 is 0 Å². The number of hydrogen-bond acceptors (Lipinski definition) is 5. The minimum Gasteiger partial charge on any atom is -0.494 e. The number of sulfonamides is 1. The van der Waals surface area contributed by atoms with E-state index in [-0.39, 0.29) is 16.2 Å². The summed E-state index contributed by atoms with van der Waals surface area (Å²) in [4.78, 5) is 15.0. The van der Waals surface area contributed by atoms with E-state index < -0.39 is 10.0 Å². The molecular formula is C23H24N2O4S2. The molecule has 2 aromatic carbocycles. The Morgan fingerprint density at radius 1 is 1.13 bits per heavy atom. The highest BCUT2D eigenvalue weighted by Crippen LogP contribution is 2.34. The van der Waals surface area contributed by atoms with E-state index in [1.807, 2.05) is 36.1 Å². The van der Waals surface area contributed by atoms with Gasteiger partial charge in [-0.25, -0.2) is 8.42 Å². The SMILES string of the molecule is CCOc1ccc(C2CCCN2C(=O)c2ccc(NS(=O)(=O)c3cccs3)cc2)cc1. The molecule has 2 heterocycles. The van der Waals surface area contributed by atoms with Crippen LogP contribution in [0.3, 0.4) is 0 Å². The number of benzene rings is 2. The second-order valence-electron chi connectivity index (χ2n) is 7.27. The second kappa shape index (κ2) is 9.11. The van der Waals surface area contributed by atoms with Gasteiger partial charge in [0.1, 0.15) is 9.96 Å². The molecule has 0 spiro atoms. The van der Waals surface area contributed by atoms with Gasteiger partial charge in [-0.1, -0.05) is 18.2 Å². The average molecular weight is 457 g/mol. The Morgan fingerprint density at radius 2 is 1.87 bits per heavy atom. The van der Waals surface area contributed by atoms with Crippen LogP contribution < -0.4 is 9.46 Å². The number of likely N-dealkylation sites (tertiary alicyclic amines) is 1. The molecule has 6 nitrogen and oxygen atoms in total. The Kier molecular flexibility index (Phi) is 6.29. The van der Waals surface area contributed by atoms with E-state index in [9.17, 15) is 13.2 Å². The zero-order valence-electron chi connectivity index (χ0n) is 17.2. The van der Waals surface area contributed by atoms with Crippen molar-refractivity contribution in [2.45, 2.75) is 30.0 Å². The van der Waals surface area contributed by atoms with Gasteiger partial charge < -0.3 is 9.64 Å². The maximum absolute atomic E-state index is 13.1. The van der Waals surface area contributed by atoms with E-state index in [2.05, 4.69) is 4.72 Å². The number of rotatable bonds is 7. The van der Waals surface area contributed by atoms with Crippen LogP contribution in [0.2, 0.25) is 0 Å².